The van der Waals surface area contributed by atoms with E-state index in [0.29, 0.717) is 13.2 Å². The van der Waals surface area contributed by atoms with Gasteiger partial charge in [0, 0.05) is 18.6 Å². The van der Waals surface area contributed by atoms with Gasteiger partial charge < -0.3 is 10.5 Å². The van der Waals surface area contributed by atoms with Crippen LogP contribution in [0.15, 0.2) is 30.3 Å². The average Bonchev–Trinajstić information content (AvgIpc) is 2.39. The number of ether oxygens (including phenoxy) is 1. The van der Waals surface area contributed by atoms with Crippen molar-refractivity contribution in [3.05, 3.63) is 30.3 Å². The quantitative estimate of drug-likeness (QED) is 0.788. The van der Waals surface area contributed by atoms with Gasteiger partial charge >= 0.3 is 0 Å². The third-order valence-corrected chi connectivity index (χ3v) is 3.56. The maximum atomic E-state index is 5.82. The standard InChI is InChI=1S/C14H24N2O/c1-4-14(2,12-15)16(3)10-11-17-13-8-6-5-7-9-13/h5-9H,4,10-12,15H2,1-3H3. The van der Waals surface area contributed by atoms with E-state index in [9.17, 15) is 0 Å². The highest BCUT2D eigenvalue weighted by Gasteiger charge is 2.24. The summed E-state index contributed by atoms with van der Waals surface area (Å²) in [5.41, 5.74) is 5.89. The molecule has 0 fully saturated rings. The fourth-order valence-corrected chi connectivity index (χ4v) is 1.66. The molecule has 0 saturated carbocycles. The SMILES string of the molecule is CCC(C)(CN)N(C)CCOc1ccccc1. The van der Waals surface area contributed by atoms with Crippen LogP contribution in [0.1, 0.15) is 20.3 Å². The Labute approximate surface area is 105 Å². The number of rotatable bonds is 7. The van der Waals surface area contributed by atoms with Gasteiger partial charge in [-0.2, -0.15) is 0 Å². The summed E-state index contributed by atoms with van der Waals surface area (Å²) in [5, 5.41) is 0. The van der Waals surface area contributed by atoms with Gasteiger partial charge in [-0.15, -0.1) is 0 Å². The number of para-hydroxylation sites is 1. The summed E-state index contributed by atoms with van der Waals surface area (Å²) >= 11 is 0. The summed E-state index contributed by atoms with van der Waals surface area (Å²) in [7, 11) is 2.10. The molecule has 17 heavy (non-hydrogen) atoms. The van der Waals surface area contributed by atoms with Crippen LogP contribution in [0.5, 0.6) is 5.75 Å². The third-order valence-electron chi connectivity index (χ3n) is 3.56. The molecule has 1 aromatic rings. The van der Waals surface area contributed by atoms with Crippen molar-refractivity contribution in [2.45, 2.75) is 25.8 Å². The van der Waals surface area contributed by atoms with E-state index in [0.717, 1.165) is 18.7 Å². The van der Waals surface area contributed by atoms with Crippen molar-refractivity contribution in [2.24, 2.45) is 5.73 Å². The lowest BCUT2D eigenvalue weighted by Gasteiger charge is -2.37. The van der Waals surface area contributed by atoms with Crippen LogP contribution in [0.2, 0.25) is 0 Å². The number of nitrogens with two attached hydrogens (primary N) is 1. The lowest BCUT2D eigenvalue weighted by molar-refractivity contribution is 0.116. The molecule has 3 heteroatoms. The van der Waals surface area contributed by atoms with Gasteiger partial charge in [0.05, 0.1) is 0 Å². The van der Waals surface area contributed by atoms with Crippen molar-refractivity contribution < 1.29 is 4.74 Å². The summed E-state index contributed by atoms with van der Waals surface area (Å²) in [6, 6.07) is 9.90. The Balaban J connectivity index is 2.36. The molecule has 1 unspecified atom stereocenters. The van der Waals surface area contributed by atoms with Gasteiger partial charge in [-0.3, -0.25) is 4.90 Å². The van der Waals surface area contributed by atoms with Crippen LogP contribution in [0, 0.1) is 0 Å². The smallest absolute Gasteiger partial charge is 0.119 e. The number of benzene rings is 1. The van der Waals surface area contributed by atoms with Crippen molar-refractivity contribution in [3.8, 4) is 5.75 Å². The van der Waals surface area contributed by atoms with Crippen molar-refractivity contribution in [1.29, 1.82) is 0 Å². The van der Waals surface area contributed by atoms with Gasteiger partial charge in [0.15, 0.2) is 0 Å². The zero-order valence-corrected chi connectivity index (χ0v) is 11.1. The average molecular weight is 236 g/mol. The molecule has 0 radical (unpaired) electrons. The summed E-state index contributed by atoms with van der Waals surface area (Å²) in [4.78, 5) is 2.27. The largest absolute Gasteiger partial charge is 0.492 e. The Kier molecular flexibility index (Phi) is 5.45. The molecule has 0 bridgehead atoms. The van der Waals surface area contributed by atoms with Crippen molar-refractivity contribution in [2.75, 3.05) is 26.7 Å². The second kappa shape index (κ2) is 6.62. The first-order chi connectivity index (χ1) is 8.12. The van der Waals surface area contributed by atoms with Gasteiger partial charge in [-0.05, 0) is 32.5 Å². The Morgan fingerprint density at radius 1 is 1.29 bits per heavy atom. The number of likely N-dealkylation sites (N-methyl/N-ethyl adjacent to an activating group) is 1. The molecule has 0 spiro atoms. The third kappa shape index (κ3) is 4.02. The summed E-state index contributed by atoms with van der Waals surface area (Å²) < 4.78 is 5.68. The molecule has 0 heterocycles. The van der Waals surface area contributed by atoms with E-state index in [1.807, 2.05) is 30.3 Å². The van der Waals surface area contributed by atoms with E-state index >= 15 is 0 Å². The Hall–Kier alpha value is -1.06. The van der Waals surface area contributed by atoms with E-state index < -0.39 is 0 Å². The Morgan fingerprint density at radius 3 is 2.47 bits per heavy atom. The zero-order chi connectivity index (χ0) is 12.7. The highest BCUT2D eigenvalue weighted by molar-refractivity contribution is 5.20. The van der Waals surface area contributed by atoms with Crippen LogP contribution in [0.3, 0.4) is 0 Å². The maximum absolute atomic E-state index is 5.82. The molecular formula is C14H24N2O. The molecule has 1 aromatic carbocycles. The molecule has 1 atom stereocenters. The van der Waals surface area contributed by atoms with Gasteiger partial charge in [-0.25, -0.2) is 0 Å². The minimum absolute atomic E-state index is 0.0695. The number of hydrogen-bond acceptors (Lipinski definition) is 3. The summed E-state index contributed by atoms with van der Waals surface area (Å²) in [6.45, 7) is 6.61. The zero-order valence-electron chi connectivity index (χ0n) is 11.1. The van der Waals surface area contributed by atoms with Gasteiger partial charge in [-0.1, -0.05) is 25.1 Å². The first kappa shape index (κ1) is 14.0. The fourth-order valence-electron chi connectivity index (χ4n) is 1.66. The normalized spacial score (nSPS) is 14.6. The molecule has 1 rings (SSSR count). The van der Waals surface area contributed by atoms with Gasteiger partial charge in [0.1, 0.15) is 12.4 Å². The molecule has 0 saturated heterocycles. The topological polar surface area (TPSA) is 38.5 Å². The minimum Gasteiger partial charge on any atom is -0.492 e. The first-order valence-electron chi connectivity index (χ1n) is 6.21. The molecule has 0 amide bonds. The van der Waals surface area contributed by atoms with E-state index in [4.69, 9.17) is 10.5 Å². The van der Waals surface area contributed by atoms with Crippen molar-refractivity contribution in [1.82, 2.24) is 4.90 Å². The predicted octanol–water partition coefficient (Wildman–Crippen LogP) is 2.12. The Morgan fingerprint density at radius 2 is 1.94 bits per heavy atom. The van der Waals surface area contributed by atoms with Crippen molar-refractivity contribution in [3.63, 3.8) is 0 Å². The lowest BCUT2D eigenvalue weighted by atomic mass is 9.97. The number of nitrogens with zero attached hydrogens (tertiary/aromatic N) is 1. The minimum atomic E-state index is 0.0695. The summed E-state index contributed by atoms with van der Waals surface area (Å²) in [6.07, 6.45) is 1.05. The monoisotopic (exact) mass is 236 g/mol. The molecule has 0 aliphatic heterocycles. The van der Waals surface area contributed by atoms with Crippen LogP contribution in [-0.4, -0.2) is 37.2 Å². The van der Waals surface area contributed by atoms with E-state index in [2.05, 4.69) is 25.8 Å². The van der Waals surface area contributed by atoms with E-state index in [1.165, 1.54) is 0 Å². The van der Waals surface area contributed by atoms with E-state index in [1.54, 1.807) is 0 Å². The first-order valence-corrected chi connectivity index (χ1v) is 6.21. The highest BCUT2D eigenvalue weighted by Crippen LogP contribution is 2.15. The van der Waals surface area contributed by atoms with Crippen LogP contribution >= 0.6 is 0 Å². The van der Waals surface area contributed by atoms with Crippen molar-refractivity contribution >= 4 is 0 Å². The molecule has 96 valence electrons. The second-order valence-electron chi connectivity index (χ2n) is 4.64. The Bertz CT molecular complexity index is 309. The number of hydrogen-bond donors (Lipinski definition) is 1. The highest BCUT2D eigenvalue weighted by atomic mass is 16.5. The van der Waals surface area contributed by atoms with Crippen LogP contribution in [-0.2, 0) is 0 Å². The molecule has 0 aromatic heterocycles. The van der Waals surface area contributed by atoms with Crippen LogP contribution < -0.4 is 10.5 Å². The summed E-state index contributed by atoms with van der Waals surface area (Å²) in [5.74, 6) is 0.923. The predicted molar refractivity (Wildman–Crippen MR) is 72.3 cm³/mol. The fraction of sp³-hybridized carbons (Fsp3) is 0.571. The van der Waals surface area contributed by atoms with Gasteiger partial charge in [0.2, 0.25) is 0 Å². The van der Waals surface area contributed by atoms with E-state index in [-0.39, 0.29) is 5.54 Å². The maximum Gasteiger partial charge on any atom is 0.119 e. The van der Waals surface area contributed by atoms with Gasteiger partial charge in [0.25, 0.3) is 0 Å². The second-order valence-corrected chi connectivity index (χ2v) is 4.64. The van der Waals surface area contributed by atoms with Crippen LogP contribution in [0.25, 0.3) is 0 Å². The lowest BCUT2D eigenvalue weighted by Crippen LogP contribution is -2.50. The molecule has 3 nitrogen and oxygen atoms in total. The molecular weight excluding hydrogens is 212 g/mol. The molecule has 0 aliphatic carbocycles. The van der Waals surface area contributed by atoms with Crippen LogP contribution in [0.4, 0.5) is 0 Å². The molecule has 0 aliphatic rings. The molecule has 2 N–H and O–H groups in total.